The molecule has 1 amide bonds. The van der Waals surface area contributed by atoms with Crippen molar-refractivity contribution in [2.45, 2.75) is 32.0 Å². The van der Waals surface area contributed by atoms with Crippen molar-refractivity contribution < 1.29 is 31.5 Å². The number of aromatic nitrogens is 3. The van der Waals surface area contributed by atoms with E-state index in [0.717, 1.165) is 23.8 Å². The number of anilines is 3. The van der Waals surface area contributed by atoms with Gasteiger partial charge in [0.15, 0.2) is 17.3 Å². The Balaban J connectivity index is 1.42. The number of likely N-dealkylation sites (tertiary alicyclic amines) is 1. The van der Waals surface area contributed by atoms with Gasteiger partial charge in [0.2, 0.25) is 0 Å². The smallest absolute Gasteiger partial charge is 0.434 e. The second-order valence-electron chi connectivity index (χ2n) is 8.33. The van der Waals surface area contributed by atoms with Crippen LogP contribution < -0.4 is 15.4 Å². The molecular formula is C23H23F5N6O2S. The van der Waals surface area contributed by atoms with Gasteiger partial charge < -0.3 is 20.3 Å². The number of aryl methyl sites for hydroxylation is 1. The number of amides is 1. The van der Waals surface area contributed by atoms with Crippen LogP contribution in [0.5, 0.6) is 5.75 Å². The van der Waals surface area contributed by atoms with Crippen LogP contribution in [0.25, 0.3) is 0 Å². The Morgan fingerprint density at radius 2 is 2.00 bits per heavy atom. The predicted octanol–water partition coefficient (Wildman–Crippen LogP) is 5.21. The zero-order chi connectivity index (χ0) is 26.6. The van der Waals surface area contributed by atoms with E-state index in [2.05, 4.69) is 25.0 Å². The standard InChI is InChI=1S/C23H23F5N6O2S/c1-13-20(22(37-33-13)32-19-12-29-11-18(31-19)23(26,27)28)21(35)30-14-2-3-17(16(25)10-14)36-15-4-7-34(8-5-15)9-6-24/h2-3,10-12,15H,4-9H2,1H3,(H,30,35)(H,31,32). The molecule has 0 radical (unpaired) electrons. The van der Waals surface area contributed by atoms with Gasteiger partial charge in [0.1, 0.15) is 23.6 Å². The minimum absolute atomic E-state index is 0.0424. The third-order valence-corrected chi connectivity index (χ3v) is 6.53. The zero-order valence-corrected chi connectivity index (χ0v) is 20.4. The van der Waals surface area contributed by atoms with E-state index in [1.165, 1.54) is 12.1 Å². The molecule has 1 saturated heterocycles. The molecule has 37 heavy (non-hydrogen) atoms. The van der Waals surface area contributed by atoms with Gasteiger partial charge in [-0.25, -0.2) is 13.8 Å². The van der Waals surface area contributed by atoms with Crippen molar-refractivity contribution in [1.29, 1.82) is 0 Å². The molecule has 4 rings (SSSR count). The molecule has 2 N–H and O–H groups in total. The number of nitrogens with one attached hydrogen (secondary N) is 2. The number of carbonyl (C=O) groups is 1. The van der Waals surface area contributed by atoms with Gasteiger partial charge in [-0.15, -0.1) is 0 Å². The van der Waals surface area contributed by atoms with Crippen LogP contribution in [0.4, 0.5) is 38.5 Å². The lowest BCUT2D eigenvalue weighted by atomic mass is 10.1. The minimum atomic E-state index is -4.68. The summed E-state index contributed by atoms with van der Waals surface area (Å²) in [7, 11) is 0. The Morgan fingerprint density at radius 1 is 1.24 bits per heavy atom. The van der Waals surface area contributed by atoms with Crippen LogP contribution in [0.1, 0.15) is 34.6 Å². The summed E-state index contributed by atoms with van der Waals surface area (Å²) in [6.45, 7) is 2.86. The number of piperidine rings is 1. The quantitative estimate of drug-likeness (QED) is 0.378. The average Bonchev–Trinajstić information content (AvgIpc) is 3.21. The summed E-state index contributed by atoms with van der Waals surface area (Å²) in [5.74, 6) is -1.47. The fraction of sp³-hybridized carbons (Fsp3) is 0.391. The second-order valence-corrected chi connectivity index (χ2v) is 9.10. The maximum atomic E-state index is 14.7. The number of nitrogens with zero attached hydrogens (tertiary/aromatic N) is 4. The van der Waals surface area contributed by atoms with Crippen LogP contribution in [0, 0.1) is 12.7 Å². The molecule has 0 bridgehead atoms. The van der Waals surface area contributed by atoms with Gasteiger partial charge in [-0.05, 0) is 43.4 Å². The van der Waals surface area contributed by atoms with Gasteiger partial charge in [0, 0.05) is 31.4 Å². The lowest BCUT2D eigenvalue weighted by Gasteiger charge is -2.31. The number of halogens is 5. The Labute approximate surface area is 213 Å². The van der Waals surface area contributed by atoms with Crippen LogP contribution in [-0.2, 0) is 6.18 Å². The normalized spacial score (nSPS) is 15.0. The maximum absolute atomic E-state index is 14.7. The van der Waals surface area contributed by atoms with Crippen molar-refractivity contribution in [3.8, 4) is 5.75 Å². The van der Waals surface area contributed by atoms with Gasteiger partial charge in [-0.3, -0.25) is 9.78 Å². The second kappa shape index (κ2) is 11.3. The molecule has 0 unspecified atom stereocenters. The summed E-state index contributed by atoms with van der Waals surface area (Å²) in [4.78, 5) is 21.9. The van der Waals surface area contributed by atoms with E-state index < -0.39 is 30.3 Å². The molecule has 198 valence electrons. The van der Waals surface area contributed by atoms with Crippen molar-refractivity contribution in [2.75, 3.05) is 36.9 Å². The lowest BCUT2D eigenvalue weighted by Crippen LogP contribution is -2.39. The summed E-state index contributed by atoms with van der Waals surface area (Å²) in [6.07, 6.45) is -1.90. The van der Waals surface area contributed by atoms with Gasteiger partial charge in [0.25, 0.3) is 5.91 Å². The van der Waals surface area contributed by atoms with E-state index in [9.17, 15) is 26.7 Å². The van der Waals surface area contributed by atoms with Crippen molar-refractivity contribution in [3.05, 3.63) is 53.4 Å². The summed E-state index contributed by atoms with van der Waals surface area (Å²) >= 11 is 0.862. The molecule has 1 aliphatic heterocycles. The zero-order valence-electron chi connectivity index (χ0n) is 19.6. The molecule has 0 atom stereocenters. The van der Waals surface area contributed by atoms with E-state index in [1.807, 2.05) is 4.90 Å². The number of ether oxygens (including phenoxy) is 1. The third kappa shape index (κ3) is 6.68. The van der Waals surface area contributed by atoms with Gasteiger partial charge >= 0.3 is 6.18 Å². The van der Waals surface area contributed by atoms with Gasteiger partial charge in [-0.2, -0.15) is 17.5 Å². The van der Waals surface area contributed by atoms with Crippen LogP contribution in [0.3, 0.4) is 0 Å². The lowest BCUT2D eigenvalue weighted by molar-refractivity contribution is -0.141. The van der Waals surface area contributed by atoms with Crippen LogP contribution in [-0.4, -0.2) is 57.6 Å². The number of hydrogen-bond acceptors (Lipinski definition) is 8. The van der Waals surface area contributed by atoms with E-state index in [0.29, 0.717) is 44.4 Å². The van der Waals surface area contributed by atoms with Crippen molar-refractivity contribution in [3.63, 3.8) is 0 Å². The third-order valence-electron chi connectivity index (χ3n) is 5.68. The first-order chi connectivity index (χ1) is 17.6. The first kappa shape index (κ1) is 26.7. The van der Waals surface area contributed by atoms with Crippen molar-refractivity contribution in [1.82, 2.24) is 19.2 Å². The monoisotopic (exact) mass is 542 g/mol. The summed E-state index contributed by atoms with van der Waals surface area (Å²) < 4.78 is 75.9. The topological polar surface area (TPSA) is 92.3 Å². The Morgan fingerprint density at radius 3 is 2.68 bits per heavy atom. The van der Waals surface area contributed by atoms with Crippen LogP contribution in [0.15, 0.2) is 30.6 Å². The number of alkyl halides is 4. The van der Waals surface area contributed by atoms with Gasteiger partial charge in [0.05, 0.1) is 23.7 Å². The first-order valence-corrected chi connectivity index (χ1v) is 12.1. The van der Waals surface area contributed by atoms with Gasteiger partial charge in [-0.1, -0.05) is 0 Å². The molecule has 0 saturated carbocycles. The fourth-order valence-electron chi connectivity index (χ4n) is 3.82. The molecule has 1 aromatic carbocycles. The fourth-order valence-corrected chi connectivity index (χ4v) is 4.62. The maximum Gasteiger partial charge on any atom is 0.434 e. The molecular weight excluding hydrogens is 519 g/mol. The number of benzene rings is 1. The first-order valence-electron chi connectivity index (χ1n) is 11.3. The van der Waals surface area contributed by atoms with Crippen LogP contribution in [0.2, 0.25) is 0 Å². The SMILES string of the molecule is Cc1nsc(Nc2cncc(C(F)(F)F)n2)c1C(=O)Nc1ccc(OC2CCN(CCF)CC2)c(F)c1. The average molecular weight is 543 g/mol. The summed E-state index contributed by atoms with van der Waals surface area (Å²) in [5, 5.41) is 5.38. The highest BCUT2D eigenvalue weighted by Crippen LogP contribution is 2.31. The molecule has 0 spiro atoms. The molecule has 3 aromatic rings. The highest BCUT2D eigenvalue weighted by Gasteiger charge is 2.33. The van der Waals surface area contributed by atoms with E-state index >= 15 is 0 Å². The molecule has 14 heteroatoms. The van der Waals surface area contributed by atoms with Crippen molar-refractivity contribution >= 4 is 33.9 Å². The molecule has 0 aliphatic carbocycles. The Bertz CT molecular complexity index is 1250. The molecule has 1 aliphatic rings. The van der Waals surface area contributed by atoms with Crippen molar-refractivity contribution in [2.24, 2.45) is 0 Å². The molecule has 3 heterocycles. The molecule has 8 nitrogen and oxygen atoms in total. The van der Waals surface area contributed by atoms with Crippen LogP contribution >= 0.6 is 11.5 Å². The Kier molecular flexibility index (Phi) is 8.17. The van der Waals surface area contributed by atoms with E-state index in [1.54, 1.807) is 6.92 Å². The van der Waals surface area contributed by atoms with E-state index in [4.69, 9.17) is 4.74 Å². The predicted molar refractivity (Wildman–Crippen MR) is 128 cm³/mol. The summed E-state index contributed by atoms with van der Waals surface area (Å²) in [5.41, 5.74) is -0.634. The minimum Gasteiger partial charge on any atom is -0.487 e. The highest BCUT2D eigenvalue weighted by molar-refractivity contribution is 7.10. The largest absolute Gasteiger partial charge is 0.487 e. The number of hydrogen-bond donors (Lipinski definition) is 2. The molecule has 2 aromatic heterocycles. The molecule has 1 fully saturated rings. The highest BCUT2D eigenvalue weighted by atomic mass is 32.1. The Hall–Kier alpha value is -3.39. The number of carbonyl (C=O) groups excluding carboxylic acids is 1. The number of rotatable bonds is 8. The summed E-state index contributed by atoms with van der Waals surface area (Å²) in [6, 6.07) is 4.01. The van der Waals surface area contributed by atoms with E-state index in [-0.39, 0.29) is 33.9 Å².